The van der Waals surface area contributed by atoms with Gasteiger partial charge in [0.2, 0.25) is 0 Å². The van der Waals surface area contributed by atoms with Crippen LogP contribution in [0.25, 0.3) is 0 Å². The van der Waals surface area contributed by atoms with Crippen LogP contribution in [-0.2, 0) is 4.74 Å². The van der Waals surface area contributed by atoms with Crippen molar-refractivity contribution in [3.8, 4) is 0 Å². The maximum Gasteiger partial charge on any atom is 0.0610 e. The summed E-state index contributed by atoms with van der Waals surface area (Å²) in [6.07, 6.45) is 7.20. The van der Waals surface area contributed by atoms with E-state index >= 15 is 0 Å². The molecule has 1 saturated carbocycles. The van der Waals surface area contributed by atoms with E-state index in [-0.39, 0.29) is 12.1 Å². The number of aliphatic hydroxyl groups is 1. The van der Waals surface area contributed by atoms with E-state index in [1.165, 1.54) is 19.3 Å². The minimum Gasteiger partial charge on any atom is -0.394 e. The minimum absolute atomic E-state index is 0.154. The topological polar surface area (TPSA) is 41.5 Å². The van der Waals surface area contributed by atoms with E-state index in [4.69, 9.17) is 4.74 Å². The van der Waals surface area contributed by atoms with E-state index in [0.29, 0.717) is 11.5 Å². The zero-order chi connectivity index (χ0) is 15.9. The quantitative estimate of drug-likeness (QED) is 0.637. The van der Waals surface area contributed by atoms with Gasteiger partial charge in [0.15, 0.2) is 0 Å². The monoisotopic (exact) mass is 299 g/mol. The summed E-state index contributed by atoms with van der Waals surface area (Å²) in [6.45, 7) is 13.3. The lowest BCUT2D eigenvalue weighted by Crippen LogP contribution is -2.46. The highest BCUT2D eigenvalue weighted by atomic mass is 16.5. The van der Waals surface area contributed by atoms with Gasteiger partial charge in [-0.1, -0.05) is 27.7 Å². The Bertz CT molecular complexity index is 293. The lowest BCUT2D eigenvalue weighted by Gasteiger charge is -2.39. The van der Waals surface area contributed by atoms with Gasteiger partial charge in [-0.15, -0.1) is 0 Å². The minimum atomic E-state index is -0.154. The van der Waals surface area contributed by atoms with Gasteiger partial charge < -0.3 is 15.2 Å². The first kappa shape index (κ1) is 18.9. The predicted molar refractivity (Wildman–Crippen MR) is 89.6 cm³/mol. The first-order chi connectivity index (χ1) is 9.80. The molecule has 21 heavy (non-hydrogen) atoms. The lowest BCUT2D eigenvalue weighted by atomic mass is 9.71. The number of rotatable bonds is 9. The SMILES string of the molecule is CCCNC(C)(CO)CCCOC1CC(C)CC(C)(C)C1. The second-order valence-corrected chi connectivity index (χ2v) is 8.16. The molecule has 0 aromatic heterocycles. The summed E-state index contributed by atoms with van der Waals surface area (Å²) in [6, 6.07) is 0. The number of aliphatic hydroxyl groups excluding tert-OH is 1. The van der Waals surface area contributed by atoms with Gasteiger partial charge in [-0.3, -0.25) is 0 Å². The van der Waals surface area contributed by atoms with Crippen molar-refractivity contribution in [3.05, 3.63) is 0 Å². The highest BCUT2D eigenvalue weighted by Gasteiger charge is 2.32. The Kier molecular flexibility index (Phi) is 7.66. The highest BCUT2D eigenvalue weighted by Crippen LogP contribution is 2.39. The Labute approximate surface area is 131 Å². The van der Waals surface area contributed by atoms with Crippen molar-refractivity contribution in [3.63, 3.8) is 0 Å². The summed E-state index contributed by atoms with van der Waals surface area (Å²) < 4.78 is 6.12. The van der Waals surface area contributed by atoms with E-state index in [0.717, 1.165) is 38.3 Å². The first-order valence-electron chi connectivity index (χ1n) is 8.78. The summed E-state index contributed by atoms with van der Waals surface area (Å²) in [7, 11) is 0. The third-order valence-electron chi connectivity index (χ3n) is 4.72. The molecular weight excluding hydrogens is 262 g/mol. The fraction of sp³-hybridized carbons (Fsp3) is 1.00. The zero-order valence-corrected chi connectivity index (χ0v) is 14.9. The van der Waals surface area contributed by atoms with Crippen LogP contribution >= 0.6 is 0 Å². The molecule has 0 heterocycles. The summed E-state index contributed by atoms with van der Waals surface area (Å²) in [5.41, 5.74) is 0.267. The number of hydrogen-bond donors (Lipinski definition) is 2. The molecule has 0 amide bonds. The van der Waals surface area contributed by atoms with Crippen molar-refractivity contribution in [2.45, 2.75) is 84.8 Å². The van der Waals surface area contributed by atoms with E-state index in [1.807, 2.05) is 0 Å². The van der Waals surface area contributed by atoms with Crippen LogP contribution in [0.15, 0.2) is 0 Å². The van der Waals surface area contributed by atoms with Gasteiger partial charge in [-0.25, -0.2) is 0 Å². The molecule has 0 saturated heterocycles. The molecule has 3 unspecified atom stereocenters. The van der Waals surface area contributed by atoms with Crippen molar-refractivity contribution in [2.75, 3.05) is 19.8 Å². The molecule has 1 rings (SSSR count). The van der Waals surface area contributed by atoms with Gasteiger partial charge >= 0.3 is 0 Å². The third kappa shape index (κ3) is 7.12. The van der Waals surface area contributed by atoms with Crippen LogP contribution in [0.2, 0.25) is 0 Å². The van der Waals surface area contributed by atoms with Crippen molar-refractivity contribution >= 4 is 0 Å². The maximum atomic E-state index is 9.56. The zero-order valence-electron chi connectivity index (χ0n) is 14.9. The Morgan fingerprint density at radius 3 is 2.62 bits per heavy atom. The van der Waals surface area contributed by atoms with Gasteiger partial charge in [0.05, 0.1) is 12.7 Å². The smallest absolute Gasteiger partial charge is 0.0610 e. The van der Waals surface area contributed by atoms with Crippen molar-refractivity contribution in [1.29, 1.82) is 0 Å². The van der Waals surface area contributed by atoms with Crippen molar-refractivity contribution in [2.24, 2.45) is 11.3 Å². The van der Waals surface area contributed by atoms with Gasteiger partial charge in [0, 0.05) is 12.1 Å². The van der Waals surface area contributed by atoms with E-state index in [2.05, 4.69) is 39.9 Å². The maximum absolute atomic E-state index is 9.56. The standard InChI is InChI=1S/C18H37NO2/c1-6-9-19-18(5,14-20)8-7-10-21-16-11-15(2)12-17(3,4)13-16/h15-16,19-20H,6-14H2,1-5H3. The molecule has 0 aromatic carbocycles. The van der Waals surface area contributed by atoms with Gasteiger partial charge in [0.25, 0.3) is 0 Å². The summed E-state index contributed by atoms with van der Waals surface area (Å²) in [4.78, 5) is 0. The Morgan fingerprint density at radius 2 is 2.05 bits per heavy atom. The average molecular weight is 299 g/mol. The average Bonchev–Trinajstić information content (AvgIpc) is 2.39. The Morgan fingerprint density at radius 1 is 1.33 bits per heavy atom. The van der Waals surface area contributed by atoms with Crippen LogP contribution in [0, 0.1) is 11.3 Å². The molecule has 2 N–H and O–H groups in total. The molecule has 3 heteroatoms. The summed E-state index contributed by atoms with van der Waals surface area (Å²) in [5.74, 6) is 0.771. The van der Waals surface area contributed by atoms with Gasteiger partial charge in [-0.05, 0) is 63.3 Å². The second kappa shape index (κ2) is 8.50. The highest BCUT2D eigenvalue weighted by molar-refractivity contribution is 4.84. The number of ether oxygens (including phenoxy) is 1. The van der Waals surface area contributed by atoms with E-state index in [9.17, 15) is 5.11 Å². The Balaban J connectivity index is 2.26. The van der Waals surface area contributed by atoms with Crippen molar-refractivity contribution in [1.82, 2.24) is 5.32 Å². The number of nitrogens with one attached hydrogen (secondary N) is 1. The predicted octanol–water partition coefficient (Wildman–Crippen LogP) is 3.75. The molecule has 0 bridgehead atoms. The molecular formula is C18H37NO2. The van der Waals surface area contributed by atoms with Crippen LogP contribution in [0.1, 0.15) is 73.1 Å². The Hall–Kier alpha value is -0.120. The van der Waals surface area contributed by atoms with Crippen LogP contribution in [0.3, 0.4) is 0 Å². The fourth-order valence-electron chi connectivity index (χ4n) is 3.75. The first-order valence-corrected chi connectivity index (χ1v) is 8.78. The van der Waals surface area contributed by atoms with Crippen LogP contribution in [0.4, 0.5) is 0 Å². The molecule has 0 spiro atoms. The van der Waals surface area contributed by atoms with Crippen LogP contribution < -0.4 is 5.32 Å². The summed E-state index contributed by atoms with van der Waals surface area (Å²) in [5, 5.41) is 13.0. The molecule has 1 aliphatic rings. The molecule has 1 aliphatic carbocycles. The third-order valence-corrected chi connectivity index (χ3v) is 4.72. The molecule has 126 valence electrons. The second-order valence-electron chi connectivity index (χ2n) is 8.16. The fourth-order valence-corrected chi connectivity index (χ4v) is 3.75. The van der Waals surface area contributed by atoms with Gasteiger partial charge in [-0.2, -0.15) is 0 Å². The van der Waals surface area contributed by atoms with E-state index in [1.54, 1.807) is 0 Å². The number of hydrogen-bond acceptors (Lipinski definition) is 3. The molecule has 0 aliphatic heterocycles. The molecule has 1 fully saturated rings. The molecule has 3 atom stereocenters. The lowest BCUT2D eigenvalue weighted by molar-refractivity contribution is -0.0260. The van der Waals surface area contributed by atoms with Crippen LogP contribution in [-0.4, -0.2) is 36.5 Å². The van der Waals surface area contributed by atoms with Crippen LogP contribution in [0.5, 0.6) is 0 Å². The normalized spacial score (nSPS) is 28.3. The van der Waals surface area contributed by atoms with Crippen molar-refractivity contribution < 1.29 is 9.84 Å². The van der Waals surface area contributed by atoms with E-state index < -0.39 is 0 Å². The van der Waals surface area contributed by atoms with Gasteiger partial charge in [0.1, 0.15) is 0 Å². The molecule has 0 aromatic rings. The molecule has 0 radical (unpaired) electrons. The largest absolute Gasteiger partial charge is 0.394 e. The molecule has 3 nitrogen and oxygen atoms in total. The summed E-state index contributed by atoms with van der Waals surface area (Å²) >= 11 is 0.